The van der Waals surface area contributed by atoms with E-state index in [-0.39, 0.29) is 23.8 Å². The number of pyridine rings is 1. The van der Waals surface area contributed by atoms with Gasteiger partial charge in [0, 0.05) is 38.1 Å². The number of hydrogen-bond acceptors (Lipinski definition) is 5. The molecule has 1 atom stereocenters. The Morgan fingerprint density at radius 1 is 1.16 bits per heavy atom. The van der Waals surface area contributed by atoms with E-state index in [9.17, 15) is 18.0 Å². The Morgan fingerprint density at radius 3 is 2.52 bits per heavy atom. The highest BCUT2D eigenvalue weighted by Gasteiger charge is 2.51. The van der Waals surface area contributed by atoms with Gasteiger partial charge in [-0.3, -0.25) is 19.4 Å². The van der Waals surface area contributed by atoms with E-state index in [0.29, 0.717) is 55.0 Å². The van der Waals surface area contributed by atoms with Crippen LogP contribution < -0.4 is 10.5 Å². The fourth-order valence-electron chi connectivity index (χ4n) is 5.17. The van der Waals surface area contributed by atoms with Crippen LogP contribution in [0, 0.1) is 11.3 Å². The molecule has 3 aromatic rings. The first-order valence-corrected chi connectivity index (χ1v) is 10.4. The molecule has 10 heteroatoms. The molecule has 1 aliphatic carbocycles. The van der Waals surface area contributed by atoms with Gasteiger partial charge in [0.25, 0.3) is 5.56 Å². The molecule has 2 aliphatic rings. The van der Waals surface area contributed by atoms with Crippen LogP contribution in [0.5, 0.6) is 0 Å². The van der Waals surface area contributed by atoms with Gasteiger partial charge < -0.3 is 4.90 Å². The van der Waals surface area contributed by atoms with Gasteiger partial charge in [0.15, 0.2) is 5.65 Å². The molecule has 7 nitrogen and oxygen atoms in total. The average molecular weight is 432 g/mol. The summed E-state index contributed by atoms with van der Waals surface area (Å²) in [6.45, 7) is 1.17. The molecule has 1 saturated heterocycles. The fraction of sp³-hybridized carbons (Fsp3) is 0.524. The molecule has 0 radical (unpaired) electrons. The normalized spacial score (nSPS) is 21.3. The van der Waals surface area contributed by atoms with Gasteiger partial charge in [0.1, 0.15) is 11.1 Å². The predicted molar refractivity (Wildman–Crippen MR) is 110 cm³/mol. The SMILES string of the molecule is Cn1c(N2CCC3(CC[C@H](C(F)(F)F)C3)CC2)nc2[nH]nc(-c3ccncc3)c2c1=O. The lowest BCUT2D eigenvalue weighted by Crippen LogP contribution is -2.42. The van der Waals surface area contributed by atoms with E-state index in [4.69, 9.17) is 0 Å². The Kier molecular flexibility index (Phi) is 4.56. The van der Waals surface area contributed by atoms with Crippen molar-refractivity contribution in [3.05, 3.63) is 34.9 Å². The van der Waals surface area contributed by atoms with Crippen molar-refractivity contribution in [2.45, 2.75) is 38.3 Å². The van der Waals surface area contributed by atoms with Crippen LogP contribution in [0.4, 0.5) is 19.1 Å². The maximum atomic E-state index is 13.1. The molecule has 5 rings (SSSR count). The summed E-state index contributed by atoms with van der Waals surface area (Å²) >= 11 is 0. The van der Waals surface area contributed by atoms with Crippen LogP contribution >= 0.6 is 0 Å². The van der Waals surface area contributed by atoms with Crippen LogP contribution in [0.3, 0.4) is 0 Å². The summed E-state index contributed by atoms with van der Waals surface area (Å²) < 4.78 is 40.9. The summed E-state index contributed by atoms with van der Waals surface area (Å²) in [7, 11) is 1.67. The molecule has 164 valence electrons. The molecule has 1 N–H and O–H groups in total. The number of anilines is 1. The van der Waals surface area contributed by atoms with Crippen molar-refractivity contribution in [3.8, 4) is 11.3 Å². The van der Waals surface area contributed by atoms with Crippen molar-refractivity contribution < 1.29 is 13.2 Å². The summed E-state index contributed by atoms with van der Waals surface area (Å²) in [6, 6.07) is 3.56. The van der Waals surface area contributed by atoms with E-state index < -0.39 is 12.1 Å². The summed E-state index contributed by atoms with van der Waals surface area (Å²) in [5.41, 5.74) is 1.25. The van der Waals surface area contributed by atoms with Crippen LogP contribution in [-0.4, -0.2) is 44.0 Å². The molecule has 31 heavy (non-hydrogen) atoms. The second-order valence-electron chi connectivity index (χ2n) is 8.78. The first-order valence-electron chi connectivity index (χ1n) is 10.4. The molecular weight excluding hydrogens is 409 g/mol. The number of fused-ring (bicyclic) bond motifs is 1. The predicted octanol–water partition coefficient (Wildman–Crippen LogP) is 3.67. The zero-order valence-corrected chi connectivity index (χ0v) is 17.1. The van der Waals surface area contributed by atoms with E-state index in [1.54, 1.807) is 31.6 Å². The highest BCUT2D eigenvalue weighted by atomic mass is 19.4. The maximum Gasteiger partial charge on any atom is 0.391 e. The molecule has 4 heterocycles. The molecule has 1 spiro atoms. The Balaban J connectivity index is 1.41. The summed E-state index contributed by atoms with van der Waals surface area (Å²) in [5.74, 6) is -0.669. The number of aromatic nitrogens is 5. The number of hydrogen-bond donors (Lipinski definition) is 1. The molecule has 2 fully saturated rings. The van der Waals surface area contributed by atoms with Crippen LogP contribution in [0.15, 0.2) is 29.3 Å². The lowest BCUT2D eigenvalue weighted by Gasteiger charge is -2.40. The van der Waals surface area contributed by atoms with Crippen molar-refractivity contribution in [1.29, 1.82) is 0 Å². The van der Waals surface area contributed by atoms with Gasteiger partial charge in [-0.1, -0.05) is 0 Å². The van der Waals surface area contributed by atoms with Gasteiger partial charge in [0.2, 0.25) is 5.95 Å². The average Bonchev–Trinajstić information content (AvgIpc) is 3.37. The highest BCUT2D eigenvalue weighted by molar-refractivity contribution is 5.90. The third-order valence-electron chi connectivity index (χ3n) is 7.00. The number of halogens is 3. The molecule has 0 amide bonds. The number of nitrogens with one attached hydrogen (secondary N) is 1. The van der Waals surface area contributed by atoms with Crippen LogP contribution in [0.1, 0.15) is 32.1 Å². The van der Waals surface area contributed by atoms with Gasteiger partial charge in [-0.05, 0) is 49.7 Å². The van der Waals surface area contributed by atoms with Crippen molar-refractivity contribution >= 4 is 17.0 Å². The maximum absolute atomic E-state index is 13.1. The van der Waals surface area contributed by atoms with Gasteiger partial charge >= 0.3 is 6.18 Å². The summed E-state index contributed by atoms with van der Waals surface area (Å²) in [6.07, 6.45) is 1.58. The van der Waals surface area contributed by atoms with Crippen LogP contribution in [0.2, 0.25) is 0 Å². The van der Waals surface area contributed by atoms with Gasteiger partial charge in [-0.15, -0.1) is 0 Å². The largest absolute Gasteiger partial charge is 0.391 e. The number of alkyl halides is 3. The number of H-pyrrole nitrogens is 1. The van der Waals surface area contributed by atoms with Gasteiger partial charge in [-0.25, -0.2) is 0 Å². The fourth-order valence-corrected chi connectivity index (χ4v) is 5.17. The van der Waals surface area contributed by atoms with Crippen molar-refractivity contribution in [3.63, 3.8) is 0 Å². The second kappa shape index (κ2) is 7.06. The van der Waals surface area contributed by atoms with E-state index in [1.807, 2.05) is 4.90 Å². The quantitative estimate of drug-likeness (QED) is 0.669. The van der Waals surface area contributed by atoms with E-state index >= 15 is 0 Å². The molecule has 3 aromatic heterocycles. The minimum Gasteiger partial charge on any atom is -0.342 e. The lowest BCUT2D eigenvalue weighted by atomic mass is 9.76. The van der Waals surface area contributed by atoms with Gasteiger partial charge in [0.05, 0.1) is 5.92 Å². The Hall–Kier alpha value is -2.91. The zero-order chi connectivity index (χ0) is 21.8. The standard InChI is InChI=1S/C21H23F3N6O/c1-29-18(31)15-16(13-3-8-25-9-4-13)27-28-17(15)26-19(29)30-10-6-20(7-11-30)5-2-14(12-20)21(22,23)24/h3-4,8-9,14H,2,5-7,10-12H2,1H3,(H,27,28)/t14-/m0/s1. The van der Waals surface area contributed by atoms with Crippen molar-refractivity contribution in [1.82, 2.24) is 24.7 Å². The lowest BCUT2D eigenvalue weighted by molar-refractivity contribution is -0.174. The van der Waals surface area contributed by atoms with E-state index in [0.717, 1.165) is 5.56 Å². The number of piperidine rings is 1. The Bertz CT molecular complexity index is 1160. The molecule has 0 bridgehead atoms. The smallest absolute Gasteiger partial charge is 0.342 e. The third kappa shape index (κ3) is 3.37. The summed E-state index contributed by atoms with van der Waals surface area (Å²) in [4.78, 5) is 23.8. The monoisotopic (exact) mass is 432 g/mol. The Morgan fingerprint density at radius 2 is 1.87 bits per heavy atom. The highest BCUT2D eigenvalue weighted by Crippen LogP contribution is 2.53. The van der Waals surface area contributed by atoms with E-state index in [1.165, 1.54) is 4.57 Å². The van der Waals surface area contributed by atoms with Gasteiger partial charge in [-0.2, -0.15) is 23.3 Å². The van der Waals surface area contributed by atoms with Crippen molar-refractivity contribution in [2.24, 2.45) is 18.4 Å². The van der Waals surface area contributed by atoms with Crippen molar-refractivity contribution in [2.75, 3.05) is 18.0 Å². The third-order valence-corrected chi connectivity index (χ3v) is 7.00. The van der Waals surface area contributed by atoms with E-state index in [2.05, 4.69) is 20.2 Å². The first kappa shape index (κ1) is 20.0. The minimum absolute atomic E-state index is 0.209. The zero-order valence-electron chi connectivity index (χ0n) is 17.1. The van der Waals surface area contributed by atoms with Crippen LogP contribution in [0.25, 0.3) is 22.3 Å². The summed E-state index contributed by atoms with van der Waals surface area (Å²) in [5, 5.41) is 7.56. The minimum atomic E-state index is -4.11. The Labute approximate surface area is 176 Å². The topological polar surface area (TPSA) is 79.7 Å². The molecule has 0 unspecified atom stereocenters. The second-order valence-corrected chi connectivity index (χ2v) is 8.78. The first-order chi connectivity index (χ1) is 14.8. The number of aromatic amines is 1. The number of nitrogens with zero attached hydrogens (tertiary/aromatic N) is 5. The molecule has 1 saturated carbocycles. The number of rotatable bonds is 2. The molecule has 0 aromatic carbocycles. The van der Waals surface area contributed by atoms with Crippen LogP contribution in [-0.2, 0) is 7.05 Å². The molecular formula is C21H23F3N6O. The molecule has 1 aliphatic heterocycles.